The molecule has 0 radical (unpaired) electrons. The minimum absolute atomic E-state index is 0.215. The third-order valence-electron chi connectivity index (χ3n) is 7.18. The van der Waals surface area contributed by atoms with Crippen LogP contribution in [0, 0.1) is 0 Å². The first-order chi connectivity index (χ1) is 19.5. The van der Waals surface area contributed by atoms with Crippen LogP contribution in [0.3, 0.4) is 0 Å². The van der Waals surface area contributed by atoms with Gasteiger partial charge >= 0.3 is 29.1 Å². The number of esters is 2. The fourth-order valence-corrected chi connectivity index (χ4v) is 9.80. The molecule has 1 aromatic rings. The summed E-state index contributed by atoms with van der Waals surface area (Å²) in [6.45, 7) is 4.79. The predicted molar refractivity (Wildman–Crippen MR) is 144 cm³/mol. The molecule has 2 unspecified atom stereocenters. The molecule has 16 heteroatoms. The van der Waals surface area contributed by atoms with Crippen LogP contribution in [-0.4, -0.2) is 96.4 Å². The first-order valence-electron chi connectivity index (χ1n) is 13.1. The van der Waals surface area contributed by atoms with Gasteiger partial charge in [-0.15, -0.1) is 23.5 Å². The average Bonchev–Trinajstić information content (AvgIpc) is 3.72. The van der Waals surface area contributed by atoms with E-state index in [1.807, 2.05) is 13.8 Å². The molecule has 6 aliphatic rings. The van der Waals surface area contributed by atoms with Gasteiger partial charge in [0, 0.05) is 0 Å². The van der Waals surface area contributed by atoms with E-state index in [9.17, 15) is 9.59 Å². The predicted octanol–water partition coefficient (Wildman–Crippen LogP) is 3.78. The van der Waals surface area contributed by atoms with Crippen molar-refractivity contribution in [2.75, 3.05) is 24.7 Å². The molecule has 218 valence electrons. The summed E-state index contributed by atoms with van der Waals surface area (Å²) in [7, 11) is -2.95. The molecule has 6 fully saturated rings. The number of carbonyl (C=O) groups is 2. The van der Waals surface area contributed by atoms with Gasteiger partial charge in [0.1, 0.15) is 47.5 Å². The van der Waals surface area contributed by atoms with Gasteiger partial charge in [0.05, 0.1) is 24.3 Å². The third kappa shape index (κ3) is 5.22. The molecule has 0 spiro atoms. The molecule has 0 N–H and O–H groups in total. The highest BCUT2D eigenvalue weighted by Gasteiger charge is 2.60. The topological polar surface area (TPSA) is 126 Å². The lowest BCUT2D eigenvalue weighted by atomic mass is 10.1. The first kappa shape index (κ1) is 28.2. The Morgan fingerprint density at radius 3 is 1.70 bits per heavy atom. The van der Waals surface area contributed by atoms with Crippen molar-refractivity contribution >= 4 is 52.7 Å². The zero-order chi connectivity index (χ0) is 27.4. The number of carbonyl (C=O) groups excluding carboxylic acids is 2. The lowest BCUT2D eigenvalue weighted by Gasteiger charge is -2.30. The Balaban J connectivity index is 1.05. The lowest BCUT2D eigenvalue weighted by molar-refractivity contribution is -0.0516. The van der Waals surface area contributed by atoms with Crippen LogP contribution < -0.4 is 0 Å². The summed E-state index contributed by atoms with van der Waals surface area (Å²) in [6.07, 6.45) is -3.54. The van der Waals surface area contributed by atoms with E-state index in [0.29, 0.717) is 13.2 Å². The highest BCUT2D eigenvalue weighted by atomic mass is 32.2. The number of thioether (sulfide) groups is 2. The second-order valence-electron chi connectivity index (χ2n) is 9.64. The second-order valence-corrected chi connectivity index (χ2v) is 14.6. The molecule has 7 rings (SSSR count). The van der Waals surface area contributed by atoms with Crippen LogP contribution >= 0.6 is 40.7 Å². The molecular weight excluding hydrogens is 606 g/mol. The van der Waals surface area contributed by atoms with E-state index in [1.54, 1.807) is 18.2 Å². The fraction of sp³-hybridized carbons (Fsp3) is 0.667. The molecule has 0 aliphatic carbocycles. The summed E-state index contributed by atoms with van der Waals surface area (Å²) in [5.41, 5.74) is -0.375. The Kier molecular flexibility index (Phi) is 8.33. The molecule has 6 aliphatic heterocycles. The molecule has 12 atom stereocenters. The monoisotopic (exact) mass is 634 g/mol. The lowest BCUT2D eigenvalue weighted by Crippen LogP contribution is -2.44. The van der Waals surface area contributed by atoms with E-state index in [1.165, 1.54) is 29.6 Å². The number of hydrogen-bond donors (Lipinski definition) is 0. The van der Waals surface area contributed by atoms with Gasteiger partial charge in [-0.3, -0.25) is 0 Å². The fourth-order valence-electron chi connectivity index (χ4n) is 5.37. The Morgan fingerprint density at radius 2 is 1.25 bits per heavy atom. The van der Waals surface area contributed by atoms with Gasteiger partial charge in [-0.2, -0.15) is 0 Å². The van der Waals surface area contributed by atoms with Gasteiger partial charge in [0.2, 0.25) is 0 Å². The van der Waals surface area contributed by atoms with E-state index in [0.717, 1.165) is 11.5 Å². The van der Waals surface area contributed by atoms with Gasteiger partial charge < -0.3 is 46.1 Å². The number of fused-ring (bicyclic) bond motifs is 8. The number of hydrogen-bond acceptors (Lipinski definition) is 14. The maximum Gasteiger partial charge on any atom is 0.338 e. The maximum atomic E-state index is 13.3. The van der Waals surface area contributed by atoms with Gasteiger partial charge in [-0.1, -0.05) is 19.9 Å². The zero-order valence-electron chi connectivity index (χ0n) is 21.5. The van der Waals surface area contributed by atoms with Crippen LogP contribution in [0.5, 0.6) is 0 Å². The van der Waals surface area contributed by atoms with Crippen molar-refractivity contribution in [3.8, 4) is 0 Å². The van der Waals surface area contributed by atoms with Gasteiger partial charge in [-0.25, -0.2) is 9.59 Å². The van der Waals surface area contributed by atoms with Crippen LogP contribution in [0.1, 0.15) is 34.6 Å². The number of ether oxygens (including phenoxy) is 4. The van der Waals surface area contributed by atoms with E-state index < -0.39 is 64.4 Å². The van der Waals surface area contributed by atoms with Crippen molar-refractivity contribution in [2.45, 2.75) is 73.6 Å². The van der Waals surface area contributed by atoms with E-state index >= 15 is 0 Å². The van der Waals surface area contributed by atoms with E-state index in [2.05, 4.69) is 0 Å². The molecule has 40 heavy (non-hydrogen) atoms. The minimum atomic E-state index is -1.47. The Labute approximate surface area is 241 Å². The molecule has 1 aromatic carbocycles. The van der Waals surface area contributed by atoms with E-state index in [4.69, 9.17) is 46.1 Å². The normalized spacial score (nSPS) is 42.9. The highest BCUT2D eigenvalue weighted by molar-refractivity contribution is 8.00. The van der Waals surface area contributed by atoms with Crippen molar-refractivity contribution in [1.82, 2.24) is 0 Å². The summed E-state index contributed by atoms with van der Waals surface area (Å²) in [4.78, 5) is 26.6. The van der Waals surface area contributed by atoms with Gasteiger partial charge in [0.15, 0.2) is 12.2 Å². The van der Waals surface area contributed by atoms with E-state index in [-0.39, 0.29) is 35.5 Å². The molecule has 0 saturated carbocycles. The van der Waals surface area contributed by atoms with Crippen LogP contribution in [0.25, 0.3) is 0 Å². The highest BCUT2D eigenvalue weighted by Crippen LogP contribution is 2.58. The molecule has 12 nitrogen and oxygen atoms in total. The van der Waals surface area contributed by atoms with Crippen LogP contribution in [0.15, 0.2) is 24.3 Å². The van der Waals surface area contributed by atoms with Crippen molar-refractivity contribution < 1.29 is 55.7 Å². The van der Waals surface area contributed by atoms with Crippen molar-refractivity contribution in [1.29, 1.82) is 0 Å². The first-order valence-corrected chi connectivity index (χ1v) is 17.4. The molecule has 6 saturated heterocycles. The summed E-state index contributed by atoms with van der Waals surface area (Å²) < 4.78 is 58.6. The summed E-state index contributed by atoms with van der Waals surface area (Å²) >= 11 is 3.07. The standard InChI is InChI=1S/C24H28O12P2S2/c1-3-39-23-19(17-15(31-23)13-9-27-37(33-13)35-17)29-21(25)11-6-5-7-12(8-11)22(26)30-20-18-16(32-24(20)40-4-2)14-10-28-38(34-14)36-18/h5-8,13-20,23-24H,3-4,9-10H2,1-2H3/t13-,14-,15+,16+,17-,18-,19+,20+,23+,24+,37?,38?/m0/s1. The summed E-state index contributed by atoms with van der Waals surface area (Å²) in [6, 6.07) is 6.29. The van der Waals surface area contributed by atoms with Crippen molar-refractivity contribution in [3.05, 3.63) is 35.4 Å². The molecular formula is C24H28O12P2S2. The molecule has 4 bridgehead atoms. The second kappa shape index (κ2) is 11.8. The zero-order valence-corrected chi connectivity index (χ0v) is 24.9. The number of benzene rings is 1. The number of rotatable bonds is 8. The Bertz CT molecular complexity index is 1050. The minimum Gasteiger partial charge on any atom is -0.452 e. The SMILES string of the molecule is CCS[C@H]1O[C@H]2[C@H](OP3OC[C@@H]2O3)[C@H]1OC(=O)c1cccc(C(=O)O[C@@H]2[C@H]3OP4OC[C@H](O4)[C@H]3O[C@@H]2SCC)c1. The molecule has 6 heterocycles. The van der Waals surface area contributed by atoms with Crippen molar-refractivity contribution in [2.24, 2.45) is 0 Å². The van der Waals surface area contributed by atoms with Crippen molar-refractivity contribution in [3.63, 3.8) is 0 Å². The third-order valence-corrected chi connectivity index (χ3v) is 11.7. The summed E-state index contributed by atoms with van der Waals surface area (Å²) in [5.74, 6) is 0.361. The molecule has 0 amide bonds. The van der Waals surface area contributed by atoms with Crippen LogP contribution in [-0.2, 0) is 46.1 Å². The van der Waals surface area contributed by atoms with Crippen LogP contribution in [0.4, 0.5) is 0 Å². The maximum absolute atomic E-state index is 13.3. The molecule has 0 aromatic heterocycles. The quantitative estimate of drug-likeness (QED) is 0.304. The summed E-state index contributed by atoms with van der Waals surface area (Å²) in [5, 5.41) is 0. The van der Waals surface area contributed by atoms with Crippen LogP contribution in [0.2, 0.25) is 0 Å². The van der Waals surface area contributed by atoms with Gasteiger partial charge in [-0.05, 0) is 29.7 Å². The Hall–Kier alpha value is -0.600. The van der Waals surface area contributed by atoms with Gasteiger partial charge in [0.25, 0.3) is 0 Å². The Morgan fingerprint density at radius 1 is 0.775 bits per heavy atom. The smallest absolute Gasteiger partial charge is 0.338 e. The largest absolute Gasteiger partial charge is 0.452 e. The average molecular weight is 635 g/mol.